The van der Waals surface area contributed by atoms with Gasteiger partial charge in [0.05, 0.1) is 11.6 Å². The highest BCUT2D eigenvalue weighted by Crippen LogP contribution is 2.26. The summed E-state index contributed by atoms with van der Waals surface area (Å²) < 4.78 is 5.93. The van der Waals surface area contributed by atoms with Crippen LogP contribution in [0.3, 0.4) is 0 Å². The number of ether oxygens (including phenoxy) is 1. The average molecular weight is 257 g/mol. The molecule has 0 aromatic heterocycles. The summed E-state index contributed by atoms with van der Waals surface area (Å²) in [5.41, 5.74) is 5.97. The number of carbonyl (C=O) groups excluding carboxylic acids is 1. The Morgan fingerprint density at radius 3 is 2.86 bits per heavy atom. The molecule has 3 nitrogen and oxygen atoms in total. The summed E-state index contributed by atoms with van der Waals surface area (Å²) in [5.74, 6) is 0.429. The molecule has 0 heterocycles. The molecule has 0 unspecified atom stereocenters. The van der Waals surface area contributed by atoms with Crippen LogP contribution in [-0.4, -0.2) is 13.0 Å². The Hall–Kier alpha value is -1.03. The summed E-state index contributed by atoms with van der Waals surface area (Å²) in [6.45, 7) is 0. The van der Waals surface area contributed by atoms with Gasteiger partial charge < -0.3 is 10.5 Å². The Bertz CT molecular complexity index is 339. The molecule has 0 fully saturated rings. The number of primary amides is 1. The van der Waals surface area contributed by atoms with E-state index in [4.69, 9.17) is 10.5 Å². The number of benzene rings is 1. The third kappa shape index (κ3) is 3.03. The Morgan fingerprint density at radius 2 is 2.36 bits per heavy atom. The number of amides is 1. The van der Waals surface area contributed by atoms with Crippen molar-refractivity contribution in [1.82, 2.24) is 0 Å². The van der Waals surface area contributed by atoms with Gasteiger partial charge in [-0.05, 0) is 33.6 Å². The van der Waals surface area contributed by atoms with Crippen LogP contribution in [0, 0.1) is 6.42 Å². The minimum Gasteiger partial charge on any atom is -0.496 e. The largest absolute Gasteiger partial charge is 0.496 e. The van der Waals surface area contributed by atoms with E-state index in [2.05, 4.69) is 15.9 Å². The summed E-state index contributed by atoms with van der Waals surface area (Å²) in [5, 5.41) is 0. The van der Waals surface area contributed by atoms with Crippen LogP contribution in [0.25, 0.3) is 0 Å². The fourth-order valence-electron chi connectivity index (χ4n) is 1.03. The molecule has 0 aliphatic heterocycles. The molecule has 0 saturated heterocycles. The standard InChI is InChI=1S/C10H11BrNO2/c1-14-9-4-2-7(6-8(9)11)3-5-10(12)13/h2-4,6H,5H2,1H3,(H2,12,13). The third-order valence-electron chi connectivity index (χ3n) is 1.71. The van der Waals surface area contributed by atoms with E-state index in [9.17, 15) is 4.79 Å². The van der Waals surface area contributed by atoms with Gasteiger partial charge in [0.15, 0.2) is 0 Å². The van der Waals surface area contributed by atoms with E-state index in [1.807, 2.05) is 18.2 Å². The van der Waals surface area contributed by atoms with Gasteiger partial charge in [-0.1, -0.05) is 6.07 Å². The van der Waals surface area contributed by atoms with Crippen molar-refractivity contribution < 1.29 is 9.53 Å². The zero-order valence-electron chi connectivity index (χ0n) is 7.79. The van der Waals surface area contributed by atoms with Gasteiger partial charge in [-0.15, -0.1) is 0 Å². The van der Waals surface area contributed by atoms with Crippen molar-refractivity contribution in [3.63, 3.8) is 0 Å². The molecule has 1 radical (unpaired) electrons. The van der Waals surface area contributed by atoms with Crippen LogP contribution in [0.1, 0.15) is 12.0 Å². The fraction of sp³-hybridized carbons (Fsp3) is 0.200. The molecule has 1 rings (SSSR count). The molecule has 75 valence electrons. The van der Waals surface area contributed by atoms with Gasteiger partial charge in [0.25, 0.3) is 0 Å². The predicted octanol–water partition coefficient (Wildman–Crippen LogP) is 1.89. The molecule has 0 saturated carbocycles. The van der Waals surface area contributed by atoms with Gasteiger partial charge in [-0.3, -0.25) is 4.79 Å². The van der Waals surface area contributed by atoms with Crippen molar-refractivity contribution in [3.05, 3.63) is 34.7 Å². The van der Waals surface area contributed by atoms with E-state index in [0.29, 0.717) is 0 Å². The number of rotatable bonds is 4. The summed E-state index contributed by atoms with van der Waals surface area (Å²) in [4.78, 5) is 10.5. The fourth-order valence-corrected chi connectivity index (χ4v) is 1.59. The molecular formula is C10H11BrNO2. The molecule has 2 N–H and O–H groups in total. The lowest BCUT2D eigenvalue weighted by Gasteiger charge is -2.04. The van der Waals surface area contributed by atoms with E-state index >= 15 is 0 Å². The van der Waals surface area contributed by atoms with Gasteiger partial charge in [-0.25, -0.2) is 0 Å². The number of halogens is 1. The molecule has 1 amide bonds. The monoisotopic (exact) mass is 256 g/mol. The van der Waals surface area contributed by atoms with Crippen molar-refractivity contribution in [2.24, 2.45) is 5.73 Å². The number of carbonyl (C=O) groups is 1. The summed E-state index contributed by atoms with van der Waals surface area (Å²) in [7, 11) is 1.60. The van der Waals surface area contributed by atoms with Crippen LogP contribution in [0.4, 0.5) is 0 Å². The molecular weight excluding hydrogens is 246 g/mol. The van der Waals surface area contributed by atoms with Crippen molar-refractivity contribution in [2.45, 2.75) is 6.42 Å². The van der Waals surface area contributed by atoms with E-state index in [1.165, 1.54) is 0 Å². The molecule has 0 bridgehead atoms. The quantitative estimate of drug-likeness (QED) is 0.895. The van der Waals surface area contributed by atoms with E-state index < -0.39 is 0 Å². The molecule has 0 aliphatic carbocycles. The Labute approximate surface area is 91.4 Å². The minimum atomic E-state index is -0.336. The lowest BCUT2D eigenvalue weighted by Crippen LogP contribution is -2.10. The molecule has 1 aromatic rings. The van der Waals surface area contributed by atoms with E-state index in [0.717, 1.165) is 15.8 Å². The van der Waals surface area contributed by atoms with E-state index in [1.54, 1.807) is 13.5 Å². The van der Waals surface area contributed by atoms with Crippen LogP contribution in [0.15, 0.2) is 22.7 Å². The maximum atomic E-state index is 10.5. The lowest BCUT2D eigenvalue weighted by atomic mass is 10.1. The Kier molecular flexibility index (Phi) is 3.95. The molecule has 4 heteroatoms. The maximum Gasteiger partial charge on any atom is 0.218 e. The average Bonchev–Trinajstić information content (AvgIpc) is 2.15. The van der Waals surface area contributed by atoms with E-state index in [-0.39, 0.29) is 12.3 Å². The second kappa shape index (κ2) is 5.00. The second-order valence-corrected chi connectivity index (χ2v) is 3.62. The predicted molar refractivity (Wildman–Crippen MR) is 57.9 cm³/mol. The molecule has 0 aliphatic rings. The maximum absolute atomic E-state index is 10.5. The summed E-state index contributed by atoms with van der Waals surface area (Å²) >= 11 is 3.35. The number of methoxy groups -OCH3 is 1. The number of hydrogen-bond acceptors (Lipinski definition) is 2. The minimum absolute atomic E-state index is 0.249. The second-order valence-electron chi connectivity index (χ2n) is 2.77. The number of nitrogens with two attached hydrogens (primary N) is 1. The first-order chi connectivity index (χ1) is 6.63. The molecule has 14 heavy (non-hydrogen) atoms. The molecule has 0 atom stereocenters. The van der Waals surface area contributed by atoms with Crippen LogP contribution in [0.2, 0.25) is 0 Å². The van der Waals surface area contributed by atoms with Gasteiger partial charge in [0, 0.05) is 12.8 Å². The van der Waals surface area contributed by atoms with Gasteiger partial charge in [0.1, 0.15) is 5.75 Å². The topological polar surface area (TPSA) is 52.3 Å². The van der Waals surface area contributed by atoms with Crippen LogP contribution >= 0.6 is 15.9 Å². The Balaban J connectivity index is 2.71. The summed E-state index contributed by atoms with van der Waals surface area (Å²) in [6.07, 6.45) is 2.02. The van der Waals surface area contributed by atoms with Gasteiger partial charge in [0.2, 0.25) is 5.91 Å². The first-order valence-corrected chi connectivity index (χ1v) is 4.88. The van der Waals surface area contributed by atoms with Gasteiger partial charge >= 0.3 is 0 Å². The summed E-state index contributed by atoms with van der Waals surface area (Å²) in [6, 6.07) is 5.57. The van der Waals surface area contributed by atoms with Gasteiger partial charge in [-0.2, -0.15) is 0 Å². The third-order valence-corrected chi connectivity index (χ3v) is 2.33. The number of hydrogen-bond donors (Lipinski definition) is 1. The molecule has 0 spiro atoms. The first-order valence-electron chi connectivity index (χ1n) is 4.08. The Morgan fingerprint density at radius 1 is 1.64 bits per heavy atom. The van der Waals surface area contributed by atoms with Crippen molar-refractivity contribution in [3.8, 4) is 5.75 Å². The first kappa shape index (κ1) is 11.0. The molecule has 1 aromatic carbocycles. The lowest BCUT2D eigenvalue weighted by molar-refractivity contribution is -0.117. The van der Waals surface area contributed by atoms with Crippen molar-refractivity contribution in [1.29, 1.82) is 0 Å². The highest BCUT2D eigenvalue weighted by molar-refractivity contribution is 9.10. The zero-order chi connectivity index (χ0) is 10.6. The smallest absolute Gasteiger partial charge is 0.218 e. The van der Waals surface area contributed by atoms with Crippen LogP contribution in [0.5, 0.6) is 5.75 Å². The van der Waals surface area contributed by atoms with Crippen LogP contribution < -0.4 is 10.5 Å². The van der Waals surface area contributed by atoms with Crippen molar-refractivity contribution in [2.75, 3.05) is 7.11 Å². The van der Waals surface area contributed by atoms with Crippen molar-refractivity contribution >= 4 is 21.8 Å². The van der Waals surface area contributed by atoms with Crippen LogP contribution in [-0.2, 0) is 4.79 Å². The highest BCUT2D eigenvalue weighted by atomic mass is 79.9. The SMILES string of the molecule is COc1ccc([CH]CC(N)=O)cc1Br. The zero-order valence-corrected chi connectivity index (χ0v) is 9.37. The normalized spacial score (nSPS) is 9.86. The highest BCUT2D eigenvalue weighted by Gasteiger charge is 2.02.